The van der Waals surface area contributed by atoms with Gasteiger partial charge in [0.1, 0.15) is 77.6 Å². The van der Waals surface area contributed by atoms with E-state index in [1.165, 1.54) is 6.92 Å². The molecule has 0 amide bonds. The molecule has 15 nitrogen and oxygen atoms in total. The lowest BCUT2D eigenvalue weighted by molar-refractivity contribution is -0.381. The van der Waals surface area contributed by atoms with E-state index >= 15 is 0 Å². The van der Waals surface area contributed by atoms with Gasteiger partial charge in [0, 0.05) is 0 Å². The number of hydrogen-bond acceptors (Lipinski definition) is 15. The Hall–Kier alpha value is -0.383. The summed E-state index contributed by atoms with van der Waals surface area (Å²) < 4.78 is 32.6. The van der Waals surface area contributed by atoms with Gasteiger partial charge in [-0.15, -0.1) is 0 Å². The standard InChI is InChI=1S/C18H34O15Si/c1-4-7(21)9(23)10(24)17(28-4)32-15-11(25)16(27)29-6(3-20)13(15)31-18-12(26)14(33-34)8(22)5(2-19)30-18/h4-27H,2-3H2,1,34H3/t4-,5+,6+,7+,8-,9+,10-,11+,12+,13+,14-,15+,16?,17?,18-/m0/s1. The SMILES string of the molecule is C[C@@H]1OC(O[C@H]2[C@H](O[C@@H]3O[C@H](CO)[C@H](O)[C@H](O[SiH3])[C@H]3O)[C@@H](CO)OC(O)[C@@H]2O)[C@@H](O)[C@H](O)[C@@H]1O. The third-order valence-electron chi connectivity index (χ3n) is 6.30. The van der Waals surface area contributed by atoms with Gasteiger partial charge in [-0.05, 0) is 6.92 Å². The van der Waals surface area contributed by atoms with Crippen LogP contribution >= 0.6 is 0 Å². The molecule has 0 radical (unpaired) electrons. The summed E-state index contributed by atoms with van der Waals surface area (Å²) in [5.74, 6) is 0. The quantitative estimate of drug-likeness (QED) is 0.142. The summed E-state index contributed by atoms with van der Waals surface area (Å²) in [6.45, 7) is 0.0352. The summed E-state index contributed by atoms with van der Waals surface area (Å²) in [5, 5.41) is 90.9. The van der Waals surface area contributed by atoms with E-state index in [2.05, 4.69) is 0 Å². The fourth-order valence-electron chi connectivity index (χ4n) is 4.25. The first-order chi connectivity index (χ1) is 16.0. The number of aliphatic hydroxyl groups is 9. The number of ether oxygens (including phenoxy) is 5. The average molecular weight is 519 g/mol. The minimum Gasteiger partial charge on any atom is -0.419 e. The average Bonchev–Trinajstić information content (AvgIpc) is 2.82. The number of rotatable bonds is 7. The zero-order chi connectivity index (χ0) is 25.3. The van der Waals surface area contributed by atoms with Crippen LogP contribution in [-0.2, 0) is 28.1 Å². The van der Waals surface area contributed by atoms with Crippen LogP contribution in [0.2, 0.25) is 0 Å². The second-order valence-electron chi connectivity index (χ2n) is 8.53. The zero-order valence-corrected chi connectivity index (χ0v) is 20.5. The van der Waals surface area contributed by atoms with Crippen molar-refractivity contribution in [3.8, 4) is 0 Å². The molecule has 0 aliphatic carbocycles. The van der Waals surface area contributed by atoms with Gasteiger partial charge >= 0.3 is 0 Å². The maximum absolute atomic E-state index is 10.6. The Morgan fingerprint density at radius 1 is 0.618 bits per heavy atom. The number of aliphatic hydroxyl groups excluding tert-OH is 9. The molecule has 3 fully saturated rings. The van der Waals surface area contributed by atoms with Crippen molar-refractivity contribution in [2.24, 2.45) is 0 Å². The summed E-state index contributed by atoms with van der Waals surface area (Å²) in [6, 6.07) is 0. The Morgan fingerprint density at radius 2 is 1.21 bits per heavy atom. The van der Waals surface area contributed by atoms with Crippen LogP contribution in [0.5, 0.6) is 0 Å². The van der Waals surface area contributed by atoms with Crippen LogP contribution in [0.3, 0.4) is 0 Å². The summed E-state index contributed by atoms with van der Waals surface area (Å²) in [6.07, 6.45) is -22.2. The first-order valence-corrected chi connectivity index (χ1v) is 11.7. The fourth-order valence-corrected chi connectivity index (χ4v) is 4.81. The first-order valence-electron chi connectivity index (χ1n) is 10.8. The highest BCUT2D eigenvalue weighted by Gasteiger charge is 2.53. The van der Waals surface area contributed by atoms with E-state index in [1.54, 1.807) is 0 Å². The molecule has 0 aromatic carbocycles. The van der Waals surface area contributed by atoms with Gasteiger partial charge < -0.3 is 74.1 Å². The lowest BCUT2D eigenvalue weighted by Crippen LogP contribution is -2.66. The molecule has 0 aromatic heterocycles. The van der Waals surface area contributed by atoms with Crippen LogP contribution in [0.1, 0.15) is 6.92 Å². The van der Waals surface area contributed by atoms with Gasteiger partial charge in [-0.3, -0.25) is 0 Å². The molecule has 0 saturated carbocycles. The molecule has 200 valence electrons. The largest absolute Gasteiger partial charge is 0.419 e. The van der Waals surface area contributed by atoms with Crippen molar-refractivity contribution in [1.29, 1.82) is 0 Å². The Labute approximate surface area is 197 Å². The predicted octanol–water partition coefficient (Wildman–Crippen LogP) is -7.24. The zero-order valence-electron chi connectivity index (χ0n) is 18.5. The van der Waals surface area contributed by atoms with Crippen LogP contribution in [0.25, 0.3) is 0 Å². The molecule has 9 N–H and O–H groups in total. The highest BCUT2D eigenvalue weighted by molar-refractivity contribution is 5.98. The molecule has 3 rings (SSSR count). The Balaban J connectivity index is 1.84. The third-order valence-corrected chi connectivity index (χ3v) is 6.84. The molecule has 3 heterocycles. The molecule has 16 heteroatoms. The topological polar surface area (TPSA) is 237 Å². The molecule has 3 saturated heterocycles. The molecule has 3 aliphatic heterocycles. The van der Waals surface area contributed by atoms with Crippen LogP contribution in [0.4, 0.5) is 0 Å². The highest BCUT2D eigenvalue weighted by atomic mass is 28.2. The van der Waals surface area contributed by atoms with Gasteiger partial charge in [-0.1, -0.05) is 0 Å². The summed E-state index contributed by atoms with van der Waals surface area (Å²) in [5.41, 5.74) is 0. The molecule has 3 aliphatic rings. The molecule has 2 unspecified atom stereocenters. The van der Waals surface area contributed by atoms with E-state index < -0.39 is 105 Å². The highest BCUT2D eigenvalue weighted by Crippen LogP contribution is 2.33. The molecule has 0 aromatic rings. The van der Waals surface area contributed by atoms with Crippen molar-refractivity contribution < 1.29 is 74.1 Å². The van der Waals surface area contributed by atoms with E-state index in [0.717, 1.165) is 0 Å². The van der Waals surface area contributed by atoms with Crippen molar-refractivity contribution in [2.75, 3.05) is 13.2 Å². The van der Waals surface area contributed by atoms with Crippen molar-refractivity contribution in [3.05, 3.63) is 0 Å². The van der Waals surface area contributed by atoms with Crippen molar-refractivity contribution in [3.63, 3.8) is 0 Å². The van der Waals surface area contributed by atoms with Gasteiger partial charge in [0.25, 0.3) is 0 Å². The maximum Gasteiger partial charge on any atom is 0.187 e. The summed E-state index contributed by atoms with van der Waals surface area (Å²) in [4.78, 5) is 0. The molecule has 0 bridgehead atoms. The lowest BCUT2D eigenvalue weighted by Gasteiger charge is -2.48. The first kappa shape index (κ1) is 28.2. The normalized spacial score (nSPS) is 52.6. The van der Waals surface area contributed by atoms with Gasteiger partial charge in [-0.2, -0.15) is 0 Å². The van der Waals surface area contributed by atoms with Crippen LogP contribution in [0.15, 0.2) is 0 Å². The van der Waals surface area contributed by atoms with E-state index in [0.29, 0.717) is 0 Å². The molecule has 34 heavy (non-hydrogen) atoms. The Morgan fingerprint density at radius 3 is 1.79 bits per heavy atom. The minimum absolute atomic E-state index is 0.123. The van der Waals surface area contributed by atoms with Gasteiger partial charge in [0.15, 0.2) is 18.9 Å². The Kier molecular flexibility index (Phi) is 9.77. The maximum atomic E-state index is 10.6. The van der Waals surface area contributed by atoms with Crippen LogP contribution < -0.4 is 0 Å². The van der Waals surface area contributed by atoms with Crippen LogP contribution in [0, 0.1) is 0 Å². The van der Waals surface area contributed by atoms with E-state index in [9.17, 15) is 46.0 Å². The predicted molar refractivity (Wildman–Crippen MR) is 109 cm³/mol. The fraction of sp³-hybridized carbons (Fsp3) is 1.00. The second kappa shape index (κ2) is 11.8. The van der Waals surface area contributed by atoms with Crippen molar-refractivity contribution in [2.45, 2.75) is 99.0 Å². The molecule has 0 spiro atoms. The number of hydrogen-bond donors (Lipinski definition) is 9. The second-order valence-corrected chi connectivity index (χ2v) is 9.00. The van der Waals surface area contributed by atoms with Crippen molar-refractivity contribution in [1.82, 2.24) is 0 Å². The van der Waals surface area contributed by atoms with E-state index in [4.69, 9.17) is 28.1 Å². The van der Waals surface area contributed by atoms with Gasteiger partial charge in [-0.25, -0.2) is 0 Å². The lowest BCUT2D eigenvalue weighted by atomic mass is 9.96. The monoisotopic (exact) mass is 518 g/mol. The van der Waals surface area contributed by atoms with E-state index in [1.807, 2.05) is 0 Å². The molecular formula is C18H34O15Si. The van der Waals surface area contributed by atoms with Crippen LogP contribution in [-0.4, -0.2) is 162 Å². The Bertz CT molecular complexity index is 646. The minimum atomic E-state index is -1.85. The summed E-state index contributed by atoms with van der Waals surface area (Å²) in [7, 11) is 0.123. The smallest absolute Gasteiger partial charge is 0.187 e. The molecular weight excluding hydrogens is 484 g/mol. The van der Waals surface area contributed by atoms with Gasteiger partial charge in [0.2, 0.25) is 0 Å². The third kappa shape index (κ3) is 5.47. The van der Waals surface area contributed by atoms with Gasteiger partial charge in [0.05, 0.1) is 19.3 Å². The van der Waals surface area contributed by atoms with Crippen molar-refractivity contribution >= 4 is 10.5 Å². The molecule has 15 atom stereocenters. The summed E-state index contributed by atoms with van der Waals surface area (Å²) >= 11 is 0. The van der Waals surface area contributed by atoms with E-state index in [-0.39, 0.29) is 10.5 Å².